The van der Waals surface area contributed by atoms with E-state index in [1.54, 1.807) is 88.4 Å². The maximum Gasteiger partial charge on any atom is 0.475 e. The molecule has 740 valence electrons. The molecule has 0 aliphatic carbocycles. The summed E-state index contributed by atoms with van der Waals surface area (Å²) in [5.74, 6) is -2.84. The lowest BCUT2D eigenvalue weighted by atomic mass is 10.1. The Balaban J connectivity index is 0.000000209. The van der Waals surface area contributed by atoms with E-state index in [1.807, 2.05) is 88.5 Å². The molecular weight excluding hydrogens is 1910 g/mol. The SMILES string of the molecule is CC(C)(C)N.CC(C)C(=O)Nc1nc2c(ncn2[C@@H]2O[C@@H]3COP(=O)(O)O[C@H]4C[C@H](n5cnc6c(NC(=O)c7ccccc7)ncnc65)O[C@@H]4COP(=O)(O)O[C@@H]2[C@@H]3O[Si](C)(C)C(C)(C)C)c(=O)[nH]1.[C-]#[N+]CCOP1(=O)OC[C@H]2O[C@@H](n3cnc4c(=O)[nH]c(NC(=O)C(C)C)nc43)[C@H](OP(=O)(O)OC[C@H]3O[C@@H](n4cnc5c(NC(=O)c6ccccc6)ncnc54)C[C@@H]3O1)[C@@H]2O[Si](C)(C)C(C)(C)C. The van der Waals surface area contributed by atoms with Gasteiger partial charge in [0, 0.05) is 41.3 Å². The van der Waals surface area contributed by atoms with E-state index in [-0.39, 0.29) is 99.7 Å². The van der Waals surface area contributed by atoms with Gasteiger partial charge in [-0.3, -0.25) is 108 Å². The number of phosphoric acid groups is 4. The Bertz CT molecular complexity index is 6480. The highest BCUT2D eigenvalue weighted by Gasteiger charge is 2.59. The van der Waals surface area contributed by atoms with Gasteiger partial charge in [-0.25, -0.2) is 64.7 Å². The Labute approximate surface area is 785 Å². The first-order chi connectivity index (χ1) is 64.2. The Morgan fingerprint density at radius 2 is 0.869 bits per heavy atom. The number of nitrogens with zero attached hydrogens (tertiary/aromatic N) is 15. The van der Waals surface area contributed by atoms with Crippen LogP contribution in [0.2, 0.25) is 36.3 Å². The van der Waals surface area contributed by atoms with E-state index in [4.69, 9.17) is 80.8 Å². The topological polar surface area (TPSA) is 629 Å². The Kier molecular flexibility index (Phi) is 30.7. The van der Waals surface area contributed by atoms with Gasteiger partial charge in [0.05, 0.1) is 51.7 Å². The van der Waals surface area contributed by atoms with Crippen molar-refractivity contribution in [1.29, 1.82) is 0 Å². The summed E-state index contributed by atoms with van der Waals surface area (Å²) in [5.41, 5.74) is 5.07. The molecule has 50 nitrogen and oxygen atoms in total. The summed E-state index contributed by atoms with van der Waals surface area (Å²) in [6.45, 7) is 36.2. The van der Waals surface area contributed by atoms with Crippen LogP contribution in [0.1, 0.15) is 148 Å². The zero-order chi connectivity index (χ0) is 99.2. The number of aromatic nitrogens is 16. The van der Waals surface area contributed by atoms with Crippen molar-refractivity contribution in [3.63, 3.8) is 0 Å². The molecule has 0 saturated carbocycles. The van der Waals surface area contributed by atoms with Crippen LogP contribution in [0.5, 0.6) is 0 Å². The number of carbonyl (C=O) groups is 4. The van der Waals surface area contributed by atoms with E-state index in [0.29, 0.717) is 11.1 Å². The van der Waals surface area contributed by atoms with Crippen molar-refractivity contribution < 1.29 is 121 Å². The van der Waals surface area contributed by atoms with E-state index in [2.05, 4.69) is 85.9 Å². The third-order valence-electron chi connectivity index (χ3n) is 23.3. The van der Waals surface area contributed by atoms with Crippen LogP contribution in [0.15, 0.2) is 108 Å². The minimum atomic E-state index is -5.17. The number of H-pyrrole nitrogens is 2. The van der Waals surface area contributed by atoms with E-state index < -0.39 is 217 Å². The molecular formula is C81H110N22O28P4Si2. The molecule has 6 saturated heterocycles. The largest absolute Gasteiger partial charge is 0.475 e. The molecule has 2 aromatic carbocycles. The molecule has 6 aliphatic heterocycles. The monoisotopic (exact) mass is 2020 g/mol. The number of imidazole rings is 4. The second-order valence-electron chi connectivity index (χ2n) is 37.6. The van der Waals surface area contributed by atoms with Gasteiger partial charge in [-0.05, 0) is 81.3 Å². The van der Waals surface area contributed by atoms with Crippen molar-refractivity contribution in [2.24, 2.45) is 17.6 Å². The summed E-state index contributed by atoms with van der Waals surface area (Å²) in [4.78, 5) is 163. The molecule has 6 aliphatic rings. The quantitative estimate of drug-likeness (QED) is 0.0156. The van der Waals surface area contributed by atoms with Crippen LogP contribution in [0.4, 0.5) is 23.5 Å². The molecule has 14 heterocycles. The molecule has 4 unspecified atom stereocenters. The Morgan fingerprint density at radius 1 is 0.504 bits per heavy atom. The molecule has 11 N–H and O–H groups in total. The van der Waals surface area contributed by atoms with E-state index in [1.165, 1.54) is 56.2 Å². The standard InChI is InChI=1S/C40H51N11O14P2Si.C37H48N10O14P2Si.C4H11N/c1-22(2)35(52)48-39-47-34-29(37(54)49-39)45-21-51(34)38-31-30(65-68(7,8)40(3,4)5)26(62-38)18-60-67(57,58-15-14-41-6)63-24-16-27(61-25(24)17-59-66(55,56)64-31)50-20-44-28-32(42-19-43-33(28)50)46-36(53)23-12-10-9-11-13-23;1-19(2)32(48)44-36-43-31-26(34(50)45-36)41-18-47(31)35-28-27(61-64(6,7)37(3,4)5)23(58-35)15-56-62(51,52)59-21-13-24(57-22(21)14-55-63(53,54)60-28)46-17-40-25-29(38-16-39-30(25)46)42-33(49)20-11-9-8-10-12-20;1-4(2,3)5/h9-13,19-22,24-27,30-31,38H,14-18H2,1-5,7-8H3,(H,55,56)(H,42,43,46,53)(H2,47,48,49,52,54);8-12,16-19,21-24,27-28,35H,13-15H2,1-7H3,(H,51,52)(H,53,54)(H,38,39,42,49)(H2,43,44,45,48,50);5H2,1-3H3/t24-,25+,26+,27+,30+,31+,38+,67?;21-,22+,23+,24+,27+,28+,35+;/m00./s1. The average molecular weight is 2020 g/mol. The molecule has 137 heavy (non-hydrogen) atoms. The number of phosphoric ester groups is 4. The number of benzene rings is 2. The molecule has 0 spiro atoms. The molecule has 6 fully saturated rings. The van der Waals surface area contributed by atoms with Crippen molar-refractivity contribution in [2.75, 3.05) is 60.8 Å². The first kappa shape index (κ1) is 103. The summed E-state index contributed by atoms with van der Waals surface area (Å²) >= 11 is 0. The lowest BCUT2D eigenvalue weighted by molar-refractivity contribution is -0.119. The summed E-state index contributed by atoms with van der Waals surface area (Å²) in [6, 6.07) is 17.0. The summed E-state index contributed by atoms with van der Waals surface area (Å²) in [6.07, 6.45) is -10.6. The van der Waals surface area contributed by atoms with E-state index >= 15 is 0 Å². The highest BCUT2D eigenvalue weighted by Crippen LogP contribution is 2.59. The number of hydrogen-bond donors (Lipinski definition) is 10. The van der Waals surface area contributed by atoms with Gasteiger partial charge in [0.2, 0.25) is 30.3 Å². The van der Waals surface area contributed by atoms with Crippen molar-refractivity contribution in [3.05, 3.63) is 142 Å². The zero-order valence-electron chi connectivity index (χ0n) is 77.8. The minimum Gasteiger partial charge on any atom is -0.408 e. The normalized spacial score (nSPS) is 28.0. The van der Waals surface area contributed by atoms with Gasteiger partial charge in [-0.2, -0.15) is 9.97 Å². The highest BCUT2D eigenvalue weighted by atomic mass is 31.2. The third-order valence-corrected chi connectivity index (χ3v) is 36.7. The van der Waals surface area contributed by atoms with Gasteiger partial charge in [-0.15, -0.1) is 0 Å². The number of anilines is 4. The van der Waals surface area contributed by atoms with Crippen molar-refractivity contribution in [3.8, 4) is 0 Å². The molecule has 18 atom stereocenters. The number of aromatic amines is 2. The number of fused-ring (bicyclic) bond motifs is 10. The number of carbonyl (C=O) groups excluding carboxylic acids is 4. The Morgan fingerprint density at radius 3 is 1.26 bits per heavy atom. The molecule has 16 rings (SSSR count). The second-order valence-corrected chi connectivity index (χ2v) is 52.9. The third kappa shape index (κ3) is 24.1. The van der Waals surface area contributed by atoms with Crippen LogP contribution in [0.25, 0.3) is 49.5 Å². The minimum absolute atomic E-state index is 0. The first-order valence-corrected chi connectivity index (χ1v) is 55.3. The average Bonchev–Trinajstić information content (AvgIpc) is 1.59. The van der Waals surface area contributed by atoms with Gasteiger partial charge >= 0.3 is 31.3 Å². The number of rotatable bonds is 19. The predicted molar refractivity (Wildman–Crippen MR) is 493 cm³/mol. The second kappa shape index (κ2) is 40.8. The molecule has 8 aromatic heterocycles. The van der Waals surface area contributed by atoms with Crippen molar-refractivity contribution in [2.45, 2.75) is 231 Å². The van der Waals surface area contributed by atoms with Gasteiger partial charge < -0.3 is 63.7 Å². The predicted octanol–water partition coefficient (Wildman–Crippen LogP) is 10.5. The van der Waals surface area contributed by atoms with Crippen LogP contribution in [0.3, 0.4) is 0 Å². The zero-order valence-corrected chi connectivity index (χ0v) is 83.3. The van der Waals surface area contributed by atoms with Gasteiger partial charge in [0.1, 0.15) is 92.8 Å². The van der Waals surface area contributed by atoms with Crippen molar-refractivity contribution >= 4 is 140 Å². The van der Waals surface area contributed by atoms with Gasteiger partial charge in [-0.1, -0.05) is 106 Å². The van der Waals surface area contributed by atoms with Crippen LogP contribution in [0, 0.1) is 18.4 Å². The van der Waals surface area contributed by atoms with Gasteiger partial charge in [0.15, 0.2) is 85.4 Å². The maximum absolute atomic E-state index is 14.8. The number of amides is 4. The molecule has 0 radical (unpaired) electrons. The van der Waals surface area contributed by atoms with Gasteiger partial charge in [0.25, 0.3) is 22.9 Å². The van der Waals surface area contributed by atoms with Crippen LogP contribution in [-0.4, -0.2) is 239 Å². The molecule has 4 bridgehead atoms. The van der Waals surface area contributed by atoms with Crippen LogP contribution < -0.4 is 38.1 Å². The molecule has 56 heteroatoms. The highest BCUT2D eigenvalue weighted by molar-refractivity contribution is 7.48. The summed E-state index contributed by atoms with van der Waals surface area (Å²) in [5, 5.41) is 9.72. The smallest absolute Gasteiger partial charge is 0.408 e. The lowest BCUT2D eigenvalue weighted by Crippen LogP contribution is -2.50. The number of nitrogens with one attached hydrogen (secondary N) is 6. The Hall–Kier alpha value is -9.80. The van der Waals surface area contributed by atoms with E-state index in [9.17, 15) is 61.7 Å². The lowest BCUT2D eigenvalue weighted by Gasteiger charge is -2.40. The fourth-order valence-corrected chi connectivity index (χ4v) is 21.2. The first-order valence-electron chi connectivity index (χ1n) is 43.5. The van der Waals surface area contributed by atoms with Crippen molar-refractivity contribution in [1.82, 2.24) is 78.1 Å². The number of ether oxygens (including phenoxy) is 4. The fourth-order valence-electron chi connectivity index (χ4n) is 14.4. The van der Waals surface area contributed by atoms with Crippen LogP contribution in [-0.2, 0) is 96.4 Å². The summed E-state index contributed by atoms with van der Waals surface area (Å²) in [7, 11) is -25.7. The maximum atomic E-state index is 14.8. The summed E-state index contributed by atoms with van der Waals surface area (Å²) < 4.78 is 154. The fraction of sp³-hybridized carbons (Fsp3) is 0.543. The number of nitrogens with two attached hydrogens (primary N) is 1. The molecule has 10 aromatic rings. The molecule has 4 amide bonds. The number of hydrogen-bond acceptors (Lipinski definition) is 36. The van der Waals surface area contributed by atoms with E-state index in [0.717, 1.165) is 0 Å². The van der Waals surface area contributed by atoms with Crippen LogP contribution >= 0.6 is 31.3 Å².